The first-order chi connectivity index (χ1) is 13.7. The van der Waals surface area contributed by atoms with E-state index in [2.05, 4.69) is 73.2 Å². The lowest BCUT2D eigenvalue weighted by Crippen LogP contribution is -2.09. The zero-order valence-corrected chi connectivity index (χ0v) is 18.1. The van der Waals surface area contributed by atoms with Crippen molar-refractivity contribution in [1.29, 1.82) is 0 Å². The molecule has 0 aliphatic rings. The molecule has 0 saturated carbocycles. The van der Waals surface area contributed by atoms with Gasteiger partial charge in [-0.2, -0.15) is 0 Å². The molecule has 0 saturated heterocycles. The predicted molar refractivity (Wildman–Crippen MR) is 123 cm³/mol. The van der Waals surface area contributed by atoms with Gasteiger partial charge in [-0.1, -0.05) is 50.1 Å². The Labute approximate surface area is 181 Å². The molecule has 4 heteroatoms. The number of para-hydroxylation sites is 1. The summed E-state index contributed by atoms with van der Waals surface area (Å²) in [5.74, 6) is 1.63. The van der Waals surface area contributed by atoms with Gasteiger partial charge in [0.25, 0.3) is 0 Å². The lowest BCUT2D eigenvalue weighted by Gasteiger charge is -2.25. The molecule has 0 aromatic heterocycles. The van der Waals surface area contributed by atoms with E-state index in [-0.39, 0.29) is 0 Å². The van der Waals surface area contributed by atoms with Crippen LogP contribution in [0.4, 0.5) is 17.1 Å². The van der Waals surface area contributed by atoms with Crippen LogP contribution in [0.3, 0.4) is 0 Å². The van der Waals surface area contributed by atoms with Crippen LogP contribution in [0.25, 0.3) is 0 Å². The molecule has 4 aromatic carbocycles. The van der Waals surface area contributed by atoms with E-state index in [1.54, 1.807) is 0 Å². The molecule has 28 heavy (non-hydrogen) atoms. The Morgan fingerprint density at radius 2 is 0.857 bits per heavy atom. The Balaban J connectivity index is 1.68. The highest BCUT2D eigenvalue weighted by Gasteiger charge is 2.12. The molecule has 0 heterocycles. The Bertz CT molecular complexity index is 985. The number of benzene rings is 4. The molecular weight excluding hydrogens is 478 g/mol. The molecule has 4 aromatic rings. The van der Waals surface area contributed by atoms with E-state index in [0.717, 1.165) is 37.5 Å². The molecule has 4 rings (SSSR count). The SMILES string of the molecule is Brc1ccc(N(c2ccc(Br)cc2)c2ccc(Oc3ccccc3)cc2)cc1. The van der Waals surface area contributed by atoms with Crippen LogP contribution in [0.1, 0.15) is 0 Å². The van der Waals surface area contributed by atoms with Crippen molar-refractivity contribution in [3.05, 3.63) is 112 Å². The monoisotopic (exact) mass is 493 g/mol. The summed E-state index contributed by atoms with van der Waals surface area (Å²) < 4.78 is 8.03. The first kappa shape index (κ1) is 18.8. The van der Waals surface area contributed by atoms with Gasteiger partial charge in [0.05, 0.1) is 0 Å². The third kappa shape index (κ3) is 4.46. The van der Waals surface area contributed by atoms with E-state index < -0.39 is 0 Å². The Morgan fingerprint density at radius 3 is 1.32 bits per heavy atom. The van der Waals surface area contributed by atoms with E-state index in [4.69, 9.17) is 4.74 Å². The molecule has 0 atom stereocenters. The molecule has 0 aliphatic carbocycles. The fourth-order valence-electron chi connectivity index (χ4n) is 2.92. The van der Waals surface area contributed by atoms with Crippen molar-refractivity contribution < 1.29 is 4.74 Å². The molecule has 138 valence electrons. The molecule has 0 fully saturated rings. The van der Waals surface area contributed by atoms with Crippen LogP contribution in [0, 0.1) is 0 Å². The normalized spacial score (nSPS) is 10.5. The third-order valence-corrected chi connectivity index (χ3v) is 5.30. The predicted octanol–water partition coefficient (Wildman–Crippen LogP) is 8.47. The average Bonchev–Trinajstić information content (AvgIpc) is 2.73. The number of ether oxygens (including phenoxy) is 1. The van der Waals surface area contributed by atoms with Gasteiger partial charge in [0.2, 0.25) is 0 Å². The highest BCUT2D eigenvalue weighted by atomic mass is 79.9. The fourth-order valence-corrected chi connectivity index (χ4v) is 3.44. The second-order valence-corrected chi connectivity index (χ2v) is 8.03. The molecular formula is C24H17Br2NO. The summed E-state index contributed by atoms with van der Waals surface area (Å²) in [6.45, 7) is 0. The molecule has 0 bridgehead atoms. The largest absolute Gasteiger partial charge is 0.457 e. The fraction of sp³-hybridized carbons (Fsp3) is 0. The number of hydrogen-bond acceptors (Lipinski definition) is 2. The van der Waals surface area contributed by atoms with Crippen molar-refractivity contribution in [3.8, 4) is 11.5 Å². The minimum absolute atomic E-state index is 0.807. The van der Waals surface area contributed by atoms with Gasteiger partial charge in [-0.15, -0.1) is 0 Å². The van der Waals surface area contributed by atoms with Crippen molar-refractivity contribution >= 4 is 48.9 Å². The number of halogens is 2. The standard InChI is InChI=1S/C24H17Br2NO/c25-18-6-10-20(11-7-18)27(21-12-8-19(26)9-13-21)22-14-16-24(17-15-22)28-23-4-2-1-3-5-23/h1-17H. The van der Waals surface area contributed by atoms with Crippen LogP contribution in [0.2, 0.25) is 0 Å². The molecule has 0 aliphatic heterocycles. The maximum Gasteiger partial charge on any atom is 0.127 e. The van der Waals surface area contributed by atoms with Crippen molar-refractivity contribution in [2.24, 2.45) is 0 Å². The first-order valence-corrected chi connectivity index (χ1v) is 10.4. The second kappa shape index (κ2) is 8.63. The Morgan fingerprint density at radius 1 is 0.464 bits per heavy atom. The molecule has 0 spiro atoms. The van der Waals surface area contributed by atoms with Crippen LogP contribution in [0.15, 0.2) is 112 Å². The van der Waals surface area contributed by atoms with Gasteiger partial charge in [-0.25, -0.2) is 0 Å². The van der Waals surface area contributed by atoms with Crippen LogP contribution in [-0.4, -0.2) is 0 Å². The van der Waals surface area contributed by atoms with Crippen LogP contribution in [0.5, 0.6) is 11.5 Å². The van der Waals surface area contributed by atoms with Gasteiger partial charge in [0, 0.05) is 26.0 Å². The Hall–Kier alpha value is -2.56. The van der Waals surface area contributed by atoms with Crippen molar-refractivity contribution in [1.82, 2.24) is 0 Å². The summed E-state index contributed by atoms with van der Waals surface area (Å²) in [5, 5.41) is 0. The molecule has 0 unspecified atom stereocenters. The van der Waals surface area contributed by atoms with Gasteiger partial charge in [0.1, 0.15) is 11.5 Å². The number of anilines is 3. The summed E-state index contributed by atoms with van der Waals surface area (Å²) in [4.78, 5) is 2.21. The molecule has 0 amide bonds. The van der Waals surface area contributed by atoms with Crippen molar-refractivity contribution in [2.75, 3.05) is 4.90 Å². The quantitative estimate of drug-likeness (QED) is 0.276. The van der Waals surface area contributed by atoms with Gasteiger partial charge in [0.15, 0.2) is 0 Å². The molecule has 0 radical (unpaired) electrons. The number of hydrogen-bond donors (Lipinski definition) is 0. The van der Waals surface area contributed by atoms with Gasteiger partial charge in [-0.3, -0.25) is 0 Å². The number of rotatable bonds is 5. The second-order valence-electron chi connectivity index (χ2n) is 6.20. The lowest BCUT2D eigenvalue weighted by molar-refractivity contribution is 0.483. The third-order valence-electron chi connectivity index (χ3n) is 4.24. The van der Waals surface area contributed by atoms with E-state index in [1.807, 2.05) is 66.7 Å². The lowest BCUT2D eigenvalue weighted by atomic mass is 10.2. The highest BCUT2D eigenvalue weighted by molar-refractivity contribution is 9.10. The van der Waals surface area contributed by atoms with E-state index >= 15 is 0 Å². The minimum Gasteiger partial charge on any atom is -0.457 e. The van der Waals surface area contributed by atoms with Gasteiger partial charge >= 0.3 is 0 Å². The van der Waals surface area contributed by atoms with Crippen LogP contribution < -0.4 is 9.64 Å². The zero-order chi connectivity index (χ0) is 19.3. The zero-order valence-electron chi connectivity index (χ0n) is 14.9. The molecule has 0 N–H and O–H groups in total. The summed E-state index contributed by atoms with van der Waals surface area (Å²) >= 11 is 7.03. The smallest absolute Gasteiger partial charge is 0.127 e. The van der Waals surface area contributed by atoms with Crippen molar-refractivity contribution in [3.63, 3.8) is 0 Å². The maximum absolute atomic E-state index is 5.93. The van der Waals surface area contributed by atoms with Crippen LogP contribution in [-0.2, 0) is 0 Å². The summed E-state index contributed by atoms with van der Waals surface area (Å²) in [6, 6.07) is 34.5. The van der Waals surface area contributed by atoms with Crippen molar-refractivity contribution in [2.45, 2.75) is 0 Å². The molecule has 2 nitrogen and oxygen atoms in total. The highest BCUT2D eigenvalue weighted by Crippen LogP contribution is 2.36. The Kier molecular flexibility index (Phi) is 5.79. The van der Waals surface area contributed by atoms with E-state index in [0.29, 0.717) is 0 Å². The first-order valence-electron chi connectivity index (χ1n) is 8.83. The minimum atomic E-state index is 0.807. The maximum atomic E-state index is 5.93. The van der Waals surface area contributed by atoms with E-state index in [9.17, 15) is 0 Å². The van der Waals surface area contributed by atoms with Gasteiger partial charge in [-0.05, 0) is 84.9 Å². The van der Waals surface area contributed by atoms with Crippen LogP contribution >= 0.6 is 31.9 Å². The summed E-state index contributed by atoms with van der Waals surface area (Å²) in [6.07, 6.45) is 0. The average molecular weight is 495 g/mol. The summed E-state index contributed by atoms with van der Waals surface area (Å²) in [7, 11) is 0. The van der Waals surface area contributed by atoms with E-state index in [1.165, 1.54) is 0 Å². The topological polar surface area (TPSA) is 12.5 Å². The van der Waals surface area contributed by atoms with Gasteiger partial charge < -0.3 is 9.64 Å². The number of nitrogens with zero attached hydrogens (tertiary/aromatic N) is 1. The summed E-state index contributed by atoms with van der Waals surface area (Å²) in [5.41, 5.74) is 3.23.